The van der Waals surface area contributed by atoms with Gasteiger partial charge in [0.05, 0.1) is 0 Å². The minimum atomic E-state index is -0.0153. The number of furan rings is 1. The third-order valence-electron chi connectivity index (χ3n) is 13.1. The molecule has 4 nitrogen and oxygen atoms in total. The summed E-state index contributed by atoms with van der Waals surface area (Å²) in [5, 5.41) is 5.15. The predicted octanol–water partition coefficient (Wildman–Crippen LogP) is 11.6. The SMILES string of the molecule is c1ccc(-c2nc(-c3ccccc3)nc(-c3ccc4c(c3)oc3c5c(ccc34)-c3ccc4ccccc4c3C53C4CC5CC(C4)CC3C5)n2)cc1. The van der Waals surface area contributed by atoms with Crippen LogP contribution >= 0.6 is 0 Å². The van der Waals surface area contributed by atoms with E-state index in [9.17, 15) is 0 Å². The average Bonchev–Trinajstić information content (AvgIpc) is 3.71. The Kier molecular flexibility index (Phi) is 5.64. The quantitative estimate of drug-likeness (QED) is 0.190. The van der Waals surface area contributed by atoms with E-state index in [4.69, 9.17) is 19.4 Å². The molecule has 0 N–H and O–H groups in total. The van der Waals surface area contributed by atoms with Gasteiger partial charge < -0.3 is 4.42 Å². The fourth-order valence-electron chi connectivity index (χ4n) is 11.4. The van der Waals surface area contributed by atoms with Gasteiger partial charge in [0.1, 0.15) is 11.2 Å². The van der Waals surface area contributed by atoms with Gasteiger partial charge in [0.15, 0.2) is 17.5 Å². The summed E-state index contributed by atoms with van der Waals surface area (Å²) < 4.78 is 7.19. The van der Waals surface area contributed by atoms with E-state index in [0.29, 0.717) is 29.3 Å². The molecule has 0 radical (unpaired) electrons. The third kappa shape index (κ3) is 3.83. The Hall–Kier alpha value is -5.61. The molecular weight excluding hydrogens is 623 g/mol. The highest BCUT2D eigenvalue weighted by atomic mass is 16.3. The van der Waals surface area contributed by atoms with Crippen LogP contribution in [0, 0.1) is 23.7 Å². The maximum atomic E-state index is 7.19. The van der Waals surface area contributed by atoms with Gasteiger partial charge in [0.25, 0.3) is 0 Å². The van der Waals surface area contributed by atoms with Gasteiger partial charge in [-0.05, 0) is 101 Å². The number of aromatic nitrogens is 3. The Balaban J connectivity index is 1.09. The summed E-state index contributed by atoms with van der Waals surface area (Å²) in [7, 11) is 0. The summed E-state index contributed by atoms with van der Waals surface area (Å²) in [6, 6.07) is 45.5. The topological polar surface area (TPSA) is 51.8 Å². The monoisotopic (exact) mass is 657 g/mol. The van der Waals surface area contributed by atoms with E-state index in [1.807, 2.05) is 36.4 Å². The molecule has 4 heteroatoms. The first-order chi connectivity index (χ1) is 25.2. The summed E-state index contributed by atoms with van der Waals surface area (Å²) in [6.07, 6.45) is 6.78. The molecule has 0 aliphatic heterocycles. The second kappa shape index (κ2) is 10.2. The molecule has 2 aromatic heterocycles. The van der Waals surface area contributed by atoms with Gasteiger partial charge in [0.2, 0.25) is 0 Å². The third-order valence-corrected chi connectivity index (χ3v) is 13.1. The van der Waals surface area contributed by atoms with E-state index >= 15 is 0 Å². The van der Waals surface area contributed by atoms with Gasteiger partial charge in [-0.1, -0.05) is 109 Å². The highest BCUT2D eigenvalue weighted by molar-refractivity contribution is 6.11. The fourth-order valence-corrected chi connectivity index (χ4v) is 11.4. The fraction of sp³-hybridized carbons (Fsp3) is 0.213. The van der Waals surface area contributed by atoms with E-state index in [-0.39, 0.29) is 5.41 Å². The van der Waals surface area contributed by atoms with Crippen LogP contribution in [0.1, 0.15) is 43.2 Å². The first kappa shape index (κ1) is 28.1. The zero-order chi connectivity index (χ0) is 33.3. The molecule has 5 aliphatic rings. The lowest BCUT2D eigenvalue weighted by Gasteiger charge is -2.61. The lowest BCUT2D eigenvalue weighted by molar-refractivity contribution is -0.0391. The molecule has 2 heterocycles. The largest absolute Gasteiger partial charge is 0.456 e. The van der Waals surface area contributed by atoms with Gasteiger partial charge in [-0.2, -0.15) is 0 Å². The van der Waals surface area contributed by atoms with E-state index in [2.05, 4.69) is 91.0 Å². The Bertz CT molecular complexity index is 2630. The van der Waals surface area contributed by atoms with Crippen molar-refractivity contribution < 1.29 is 4.42 Å². The number of hydrogen-bond acceptors (Lipinski definition) is 4. The van der Waals surface area contributed by atoms with Crippen LogP contribution in [-0.2, 0) is 5.41 Å². The van der Waals surface area contributed by atoms with Crippen molar-refractivity contribution in [1.82, 2.24) is 15.0 Å². The van der Waals surface area contributed by atoms with Gasteiger partial charge in [-0.15, -0.1) is 0 Å². The lowest BCUT2D eigenvalue weighted by Crippen LogP contribution is -2.55. The van der Waals surface area contributed by atoms with Crippen LogP contribution in [0.4, 0.5) is 0 Å². The Morgan fingerprint density at radius 3 is 1.73 bits per heavy atom. The Labute approximate surface area is 296 Å². The van der Waals surface area contributed by atoms with Crippen LogP contribution in [-0.4, -0.2) is 15.0 Å². The molecule has 4 bridgehead atoms. The Morgan fingerprint density at radius 1 is 0.471 bits per heavy atom. The molecule has 51 heavy (non-hydrogen) atoms. The normalized spacial score (nSPS) is 24.2. The number of rotatable bonds is 3. The molecule has 0 atom stereocenters. The number of benzene rings is 6. The summed E-state index contributed by atoms with van der Waals surface area (Å²) in [5.41, 5.74) is 10.7. The molecule has 8 aromatic rings. The summed E-state index contributed by atoms with van der Waals surface area (Å²) in [5.74, 6) is 5.01. The number of hydrogen-bond donors (Lipinski definition) is 0. The maximum Gasteiger partial charge on any atom is 0.164 e. The van der Waals surface area contributed by atoms with Crippen molar-refractivity contribution >= 4 is 32.7 Å². The van der Waals surface area contributed by atoms with Crippen molar-refractivity contribution in [1.29, 1.82) is 0 Å². The van der Waals surface area contributed by atoms with Crippen LogP contribution < -0.4 is 0 Å². The lowest BCUT2D eigenvalue weighted by atomic mass is 9.43. The zero-order valence-electron chi connectivity index (χ0n) is 28.2. The van der Waals surface area contributed by atoms with Gasteiger partial charge in [0, 0.05) is 38.4 Å². The molecular formula is C47H35N3O. The van der Waals surface area contributed by atoms with Crippen LogP contribution in [0.25, 0.3) is 78.0 Å². The van der Waals surface area contributed by atoms with E-state index in [1.54, 1.807) is 5.56 Å². The van der Waals surface area contributed by atoms with Gasteiger partial charge in [-0.3, -0.25) is 0 Å². The van der Waals surface area contributed by atoms with E-state index in [0.717, 1.165) is 45.1 Å². The van der Waals surface area contributed by atoms with Crippen molar-refractivity contribution in [2.75, 3.05) is 0 Å². The molecule has 4 fully saturated rings. The Morgan fingerprint density at radius 2 is 1.04 bits per heavy atom. The highest BCUT2D eigenvalue weighted by Gasteiger charge is 2.63. The first-order valence-electron chi connectivity index (χ1n) is 18.6. The van der Waals surface area contributed by atoms with Gasteiger partial charge >= 0.3 is 0 Å². The van der Waals surface area contributed by atoms with Crippen molar-refractivity contribution in [3.05, 3.63) is 139 Å². The van der Waals surface area contributed by atoms with Gasteiger partial charge in [-0.25, -0.2) is 15.0 Å². The molecule has 5 aliphatic carbocycles. The maximum absolute atomic E-state index is 7.19. The molecule has 1 spiro atoms. The second-order valence-electron chi connectivity index (χ2n) is 15.6. The zero-order valence-corrected chi connectivity index (χ0v) is 28.2. The smallest absolute Gasteiger partial charge is 0.164 e. The average molecular weight is 658 g/mol. The number of nitrogens with zero attached hydrogens (tertiary/aromatic N) is 3. The molecule has 0 unspecified atom stereocenters. The standard InChI is InChI=1S/C47H35N3O/c1-3-10-30(11-4-1)44-48-45(31-12-5-2-6-13-31)50-46(49-44)32-16-17-36-39-20-19-38-37-18-15-29-9-7-8-14-35(29)41(37)47(42(38)43(39)51-40(36)26-32)33-22-27-21-28(24-33)25-34(47)23-27/h1-20,26-28,33-34H,21-25H2. The summed E-state index contributed by atoms with van der Waals surface area (Å²) >= 11 is 0. The number of fused-ring (bicyclic) bond motifs is 9. The van der Waals surface area contributed by atoms with Crippen LogP contribution in [0.2, 0.25) is 0 Å². The minimum Gasteiger partial charge on any atom is -0.456 e. The first-order valence-corrected chi connectivity index (χ1v) is 18.6. The highest BCUT2D eigenvalue weighted by Crippen LogP contribution is 2.71. The van der Waals surface area contributed by atoms with Crippen molar-refractivity contribution in [2.45, 2.75) is 37.5 Å². The van der Waals surface area contributed by atoms with Crippen LogP contribution in [0.15, 0.2) is 132 Å². The molecule has 0 amide bonds. The molecule has 13 rings (SSSR count). The molecule has 244 valence electrons. The predicted molar refractivity (Wildman–Crippen MR) is 204 cm³/mol. The van der Waals surface area contributed by atoms with Crippen LogP contribution in [0.3, 0.4) is 0 Å². The molecule has 4 saturated carbocycles. The van der Waals surface area contributed by atoms with Crippen molar-refractivity contribution in [2.24, 2.45) is 23.7 Å². The van der Waals surface area contributed by atoms with Crippen molar-refractivity contribution in [3.8, 4) is 45.3 Å². The summed E-state index contributed by atoms with van der Waals surface area (Å²) in [6.45, 7) is 0. The second-order valence-corrected chi connectivity index (χ2v) is 15.6. The molecule has 0 saturated heterocycles. The summed E-state index contributed by atoms with van der Waals surface area (Å²) in [4.78, 5) is 15.0. The van der Waals surface area contributed by atoms with E-state index in [1.165, 1.54) is 65.0 Å². The van der Waals surface area contributed by atoms with Crippen molar-refractivity contribution in [3.63, 3.8) is 0 Å². The van der Waals surface area contributed by atoms with Crippen LogP contribution in [0.5, 0.6) is 0 Å². The molecule has 6 aromatic carbocycles. The van der Waals surface area contributed by atoms with E-state index < -0.39 is 0 Å². The minimum absolute atomic E-state index is 0.0153.